The topological polar surface area (TPSA) is 495 Å². The number of ketones is 5. The third kappa shape index (κ3) is 32.7. The Labute approximate surface area is 646 Å². The van der Waals surface area contributed by atoms with E-state index in [1.165, 1.54) is 59.8 Å². The Morgan fingerprint density at radius 3 is 1.89 bits per heavy atom. The van der Waals surface area contributed by atoms with E-state index >= 15 is 0 Å². The number of rotatable bonds is 54. The lowest BCUT2D eigenvalue weighted by atomic mass is 9.89. The smallest absolute Gasteiger partial charge is 0.303 e. The molecule has 34 heteroatoms. The number of carbonyl (C=O) groups is 12. The number of fused-ring (bicyclic) bond motifs is 1. The standard InChI is InChI=1S/C76H98N9O21PS3/c1-4-106-107(102,109-39-10-14-59(87)31-33-70(93)79-37-9-13-50-12-7-16-63-62(50)15-8-17-69(63)110(103,104)105)38-40-108-48-55(45-66(90)51-20-23-56(24-21-51)83-84-57-25-27-58(28-26-57)85(2)3)74(99)80-46-61(89)42-53(22-34-71(94)95)75(100)82-65(47-86)68(92)44-54(41-49-18-29-60(88)30-19-49)76(101)81-64(32-35-72(96)97)67(91)43-52(73(78)98)11-5-6-36-77/h7-8,12,15-21,23-30,38,40,52-55,64-65,86,88H,4-6,9-11,13-14,22,31-37,39,41-48,77H2,1-3H3,(H2,78,98)(H,79,93)(H,80,99)(H,81,101)(H,82,100)(H,94,95)(H,96,97)(H,103,104,105)/t52-,53-,54-,55+,64+,65+,107?/m1/s1. The number of aliphatic hydroxyl groups is 1. The zero-order chi connectivity index (χ0) is 80.9. The molecule has 0 aliphatic rings. The number of aliphatic carboxylic acids is 2. The van der Waals surface area contributed by atoms with Gasteiger partial charge in [-0.1, -0.05) is 60.3 Å². The highest BCUT2D eigenvalue weighted by Gasteiger charge is 2.35. The Kier molecular flexibility index (Phi) is 39.0. The monoisotopic (exact) mass is 1600 g/mol. The van der Waals surface area contributed by atoms with Crippen LogP contribution in [0.5, 0.6) is 5.75 Å². The van der Waals surface area contributed by atoms with Crippen molar-refractivity contribution in [1.82, 2.24) is 21.3 Å². The number of carbonyl (C=O) groups excluding carboxylic acids is 10. The maximum Gasteiger partial charge on any atom is 0.303 e. The number of unbranched alkanes of at least 4 members (excludes halogenated alkanes) is 1. The fraction of sp³-hybridized carbons (Fsp3) is 0.447. The van der Waals surface area contributed by atoms with Gasteiger partial charge in [0.2, 0.25) is 29.5 Å². The van der Waals surface area contributed by atoms with Crippen LogP contribution in [-0.4, -0.2) is 174 Å². The van der Waals surface area contributed by atoms with E-state index in [2.05, 4.69) is 31.5 Å². The summed E-state index contributed by atoms with van der Waals surface area (Å²) in [6.07, 6.45) is -2.27. The molecule has 0 aliphatic heterocycles. The molecular weight excluding hydrogens is 1500 g/mol. The van der Waals surface area contributed by atoms with Crippen LogP contribution in [0.4, 0.5) is 17.1 Å². The first-order valence-electron chi connectivity index (χ1n) is 35.9. The minimum atomic E-state index is -4.45. The average Bonchev–Trinajstić information content (AvgIpc) is 0.789. The van der Waals surface area contributed by atoms with Gasteiger partial charge < -0.3 is 62.6 Å². The predicted octanol–water partition coefficient (Wildman–Crippen LogP) is 8.90. The van der Waals surface area contributed by atoms with E-state index in [0.29, 0.717) is 66.4 Å². The molecule has 7 atom stereocenters. The third-order valence-corrected chi connectivity index (χ3v) is 23.9. The highest BCUT2D eigenvalue weighted by molar-refractivity contribution is 8.57. The molecule has 5 aromatic rings. The van der Waals surface area contributed by atoms with Gasteiger partial charge in [0, 0.05) is 130 Å². The molecule has 13 N–H and O–H groups in total. The Morgan fingerprint density at radius 2 is 1.26 bits per heavy atom. The molecule has 5 rings (SSSR count). The third-order valence-electron chi connectivity index (χ3n) is 17.6. The molecule has 5 amide bonds. The van der Waals surface area contributed by atoms with Crippen molar-refractivity contribution in [3.63, 3.8) is 0 Å². The number of hydrogen-bond acceptors (Lipinski definition) is 24. The van der Waals surface area contributed by atoms with Crippen LogP contribution in [0, 0.1) is 23.7 Å². The molecular formula is C76H98N9O21PS3. The fourth-order valence-corrected chi connectivity index (χ4v) is 17.3. The molecule has 0 spiro atoms. The van der Waals surface area contributed by atoms with Crippen molar-refractivity contribution in [3.05, 3.63) is 137 Å². The number of aryl methyl sites for hydroxylation is 1. The minimum Gasteiger partial charge on any atom is -0.508 e. The van der Waals surface area contributed by atoms with Crippen molar-refractivity contribution in [2.24, 2.45) is 45.4 Å². The highest BCUT2D eigenvalue weighted by atomic mass is 32.7. The number of primary amides is 1. The number of nitrogens with zero attached hydrogens (tertiary/aromatic N) is 3. The Hall–Kier alpha value is -9.34. The lowest BCUT2D eigenvalue weighted by Gasteiger charge is -2.25. The molecule has 1 unspecified atom stereocenters. The van der Waals surface area contributed by atoms with Crippen LogP contribution in [0.1, 0.15) is 131 Å². The molecule has 596 valence electrons. The Bertz CT molecular complexity index is 4220. The van der Waals surface area contributed by atoms with Gasteiger partial charge in [0.25, 0.3) is 16.7 Å². The fourth-order valence-electron chi connectivity index (χ4n) is 11.5. The second-order valence-corrected chi connectivity index (χ2v) is 33.3. The van der Waals surface area contributed by atoms with Gasteiger partial charge in [-0.3, -0.25) is 66.7 Å². The number of azo groups is 1. The number of carboxylic acids is 2. The lowest BCUT2D eigenvalue weighted by Crippen LogP contribution is -2.49. The Balaban J connectivity index is 1.24. The number of anilines is 1. The van der Waals surface area contributed by atoms with E-state index in [4.69, 9.17) is 16.0 Å². The number of thioether (sulfide) groups is 1. The first-order chi connectivity index (χ1) is 52.3. The first kappa shape index (κ1) is 91.3. The maximum atomic E-state index is 14.2. The molecule has 0 saturated carbocycles. The zero-order valence-corrected chi connectivity index (χ0v) is 65.0. The van der Waals surface area contributed by atoms with Crippen LogP contribution in [0.3, 0.4) is 0 Å². The predicted molar refractivity (Wildman–Crippen MR) is 417 cm³/mol. The van der Waals surface area contributed by atoms with Gasteiger partial charge >= 0.3 is 11.9 Å². The molecule has 110 heavy (non-hydrogen) atoms. The molecule has 0 bridgehead atoms. The molecule has 0 aliphatic carbocycles. The number of benzene rings is 5. The first-order valence-corrected chi connectivity index (χ1v) is 41.6. The van der Waals surface area contributed by atoms with Gasteiger partial charge in [-0.25, -0.2) is 0 Å². The van der Waals surface area contributed by atoms with Crippen LogP contribution in [0.15, 0.2) is 136 Å². The Morgan fingerprint density at radius 1 is 0.645 bits per heavy atom. The van der Waals surface area contributed by atoms with Crippen LogP contribution >= 0.6 is 29.7 Å². The zero-order valence-electron chi connectivity index (χ0n) is 61.6. The SMILES string of the molecule is CCOP(=O)(C=CSC[C@H](CC(=O)c1ccc(N=Nc2ccc(N(C)C)cc2)cc1)C(=O)NCC(=O)C[C@@H](CCC(=O)O)C(=O)N[C@@H](CO)C(=O)C[C@@H](Cc1ccc(O)cc1)C(=O)N[C@@H](CCC(=O)O)C(=O)C[C@@H](CCCCN)C(N)=O)SCCCC(=O)CCC(=O)NCCCc1cccc2c(S(=O)(=O)O)cccc12. The summed E-state index contributed by atoms with van der Waals surface area (Å²) in [6, 6.07) is 25.4. The van der Waals surface area contributed by atoms with E-state index in [1.807, 2.05) is 37.2 Å². The summed E-state index contributed by atoms with van der Waals surface area (Å²) in [4.78, 5) is 161. The summed E-state index contributed by atoms with van der Waals surface area (Å²) in [5.41, 5.74) is 14.5. The van der Waals surface area contributed by atoms with Gasteiger partial charge in [0.1, 0.15) is 22.5 Å². The molecule has 5 aromatic carbocycles. The van der Waals surface area contributed by atoms with Crippen LogP contribution in [-0.2, 0) is 84.8 Å². The summed E-state index contributed by atoms with van der Waals surface area (Å²) in [6.45, 7) is -3.12. The van der Waals surface area contributed by atoms with Crippen LogP contribution < -0.4 is 37.6 Å². The highest BCUT2D eigenvalue weighted by Crippen LogP contribution is 2.61. The summed E-state index contributed by atoms with van der Waals surface area (Å²) < 4.78 is 53.2. The summed E-state index contributed by atoms with van der Waals surface area (Å²) in [7, 11) is -0.652. The number of carboxylic acid groups (broad SMARTS) is 2. The van der Waals surface area contributed by atoms with Crippen molar-refractivity contribution in [3.8, 4) is 5.75 Å². The molecule has 0 aromatic heterocycles. The van der Waals surface area contributed by atoms with Crippen molar-refractivity contribution in [2.75, 3.05) is 63.3 Å². The van der Waals surface area contributed by atoms with E-state index in [1.54, 1.807) is 49.4 Å². The molecule has 0 radical (unpaired) electrons. The number of nitrogens with two attached hydrogens (primary N) is 2. The maximum absolute atomic E-state index is 14.2. The number of Topliss-reactive ketones (excluding diaryl/α,β-unsaturated/α-hetero) is 5. The van der Waals surface area contributed by atoms with Gasteiger partial charge in [0.05, 0.1) is 43.1 Å². The summed E-state index contributed by atoms with van der Waals surface area (Å²) in [5.74, 6) is -13.5. The normalized spacial score (nSPS) is 13.8. The molecule has 0 fully saturated rings. The molecule has 30 nitrogen and oxygen atoms in total. The van der Waals surface area contributed by atoms with E-state index in [9.17, 15) is 95.5 Å². The number of nitrogens with one attached hydrogen (secondary N) is 4. The van der Waals surface area contributed by atoms with Gasteiger partial charge in [-0.05, 0) is 153 Å². The summed E-state index contributed by atoms with van der Waals surface area (Å²) in [5, 5.41) is 61.0. The number of phenolic OH excluding ortho intramolecular Hbond substituents is 1. The van der Waals surface area contributed by atoms with Crippen LogP contribution in [0.25, 0.3) is 10.8 Å². The van der Waals surface area contributed by atoms with Crippen molar-refractivity contribution >= 4 is 138 Å². The van der Waals surface area contributed by atoms with Crippen molar-refractivity contribution < 1.29 is 100 Å². The van der Waals surface area contributed by atoms with Crippen molar-refractivity contribution in [1.29, 1.82) is 0 Å². The van der Waals surface area contributed by atoms with E-state index in [-0.39, 0.29) is 84.7 Å². The molecule has 0 saturated heterocycles. The largest absolute Gasteiger partial charge is 0.508 e. The average molecular weight is 1600 g/mol. The molecule has 0 heterocycles. The van der Waals surface area contributed by atoms with Gasteiger partial charge in [-0.2, -0.15) is 18.6 Å². The van der Waals surface area contributed by atoms with Gasteiger partial charge in [0.15, 0.2) is 23.1 Å². The number of aromatic hydroxyl groups is 1. The number of amides is 5. The van der Waals surface area contributed by atoms with E-state index < -0.39 is 176 Å². The lowest BCUT2D eigenvalue weighted by molar-refractivity contribution is -0.139. The number of hydrogen-bond donors (Lipinski definition) is 11. The van der Waals surface area contributed by atoms with Gasteiger partial charge in [-0.15, -0.1) is 11.8 Å². The minimum absolute atomic E-state index is 0.0376. The summed E-state index contributed by atoms with van der Waals surface area (Å²) >= 11 is 1.97. The number of phenols is 1. The number of aliphatic hydroxyl groups excluding tert-OH is 1. The van der Waals surface area contributed by atoms with Crippen LogP contribution in [0.2, 0.25) is 0 Å². The second kappa shape index (κ2) is 47.0. The quantitative estimate of drug-likeness (QED) is 0.00568. The van der Waals surface area contributed by atoms with E-state index in [0.717, 1.165) is 34.4 Å². The second-order valence-electron chi connectivity index (χ2n) is 26.3. The van der Waals surface area contributed by atoms with Crippen molar-refractivity contribution in [2.45, 2.75) is 139 Å².